The quantitative estimate of drug-likeness (QED) is 0.829. The maximum atomic E-state index is 13.0. The third kappa shape index (κ3) is 3.81. The van der Waals surface area contributed by atoms with Crippen molar-refractivity contribution in [3.63, 3.8) is 0 Å². The number of aryl methyl sites for hydroxylation is 1. The normalized spacial score (nSPS) is 11.6. The molecule has 1 rings (SSSR count). The summed E-state index contributed by atoms with van der Waals surface area (Å²) in [5.74, 6) is -0.209. The van der Waals surface area contributed by atoms with E-state index in [1.165, 1.54) is 12.1 Å². The molecule has 0 radical (unpaired) electrons. The number of anilines is 1. The summed E-state index contributed by atoms with van der Waals surface area (Å²) in [6.07, 6.45) is 0.874. The van der Waals surface area contributed by atoms with Crippen LogP contribution in [0.5, 0.6) is 0 Å². The van der Waals surface area contributed by atoms with Crippen molar-refractivity contribution in [1.29, 1.82) is 0 Å². The largest absolute Gasteiger partial charge is 0.385 e. The van der Waals surface area contributed by atoms with Crippen LogP contribution in [-0.4, -0.2) is 19.3 Å². The van der Waals surface area contributed by atoms with E-state index >= 15 is 0 Å². The number of nitrogens with one attached hydrogen (secondary N) is 1. The van der Waals surface area contributed by atoms with Crippen molar-refractivity contribution in [2.45, 2.75) is 32.8 Å². The van der Waals surface area contributed by atoms with Gasteiger partial charge in [-0.25, -0.2) is 4.39 Å². The molecule has 1 N–H and O–H groups in total. The number of methoxy groups -OCH3 is 1. The molecule has 0 aliphatic rings. The highest BCUT2D eigenvalue weighted by Gasteiger charge is 2.15. The second-order valence-corrected chi connectivity index (χ2v) is 4.60. The van der Waals surface area contributed by atoms with Gasteiger partial charge in [-0.2, -0.15) is 0 Å². The highest BCUT2D eigenvalue weighted by molar-refractivity contribution is 5.50. The third-order valence-electron chi connectivity index (χ3n) is 2.79. The van der Waals surface area contributed by atoms with Gasteiger partial charge in [-0.15, -0.1) is 0 Å². The van der Waals surface area contributed by atoms with Crippen molar-refractivity contribution >= 4 is 5.69 Å². The molecule has 0 saturated heterocycles. The zero-order chi connectivity index (χ0) is 12.2. The Morgan fingerprint density at radius 2 is 2.06 bits per heavy atom. The van der Waals surface area contributed by atoms with Crippen LogP contribution in [0.15, 0.2) is 18.2 Å². The van der Waals surface area contributed by atoms with E-state index < -0.39 is 0 Å². The van der Waals surface area contributed by atoms with Crippen LogP contribution < -0.4 is 5.32 Å². The lowest BCUT2D eigenvalue weighted by molar-refractivity contribution is 0.0185. The van der Waals surface area contributed by atoms with Gasteiger partial charge in [0.1, 0.15) is 5.82 Å². The van der Waals surface area contributed by atoms with Crippen molar-refractivity contribution < 1.29 is 9.13 Å². The van der Waals surface area contributed by atoms with Gasteiger partial charge in [0, 0.05) is 19.3 Å². The molecule has 0 unspecified atom stereocenters. The zero-order valence-corrected chi connectivity index (χ0v) is 10.4. The Labute approximate surface area is 96.8 Å². The van der Waals surface area contributed by atoms with Crippen molar-refractivity contribution in [1.82, 2.24) is 0 Å². The molecule has 1 aromatic carbocycles. The van der Waals surface area contributed by atoms with Gasteiger partial charge >= 0.3 is 0 Å². The van der Waals surface area contributed by atoms with Crippen molar-refractivity contribution in [2.24, 2.45) is 0 Å². The molecular formula is C13H20FNO. The molecule has 0 aromatic heterocycles. The summed E-state index contributed by atoms with van der Waals surface area (Å²) in [5.41, 5.74) is 1.76. The van der Waals surface area contributed by atoms with E-state index in [0.717, 1.165) is 24.2 Å². The van der Waals surface area contributed by atoms with Gasteiger partial charge in [-0.05, 0) is 44.9 Å². The lowest BCUT2D eigenvalue weighted by Gasteiger charge is -2.23. The van der Waals surface area contributed by atoms with Crippen LogP contribution in [-0.2, 0) is 4.74 Å². The first-order chi connectivity index (χ1) is 7.44. The molecule has 0 heterocycles. The molecule has 2 nitrogen and oxygen atoms in total. The molecule has 3 heteroatoms. The molecule has 0 aliphatic carbocycles. The SMILES string of the molecule is COC(C)(C)CCNc1cc(F)ccc1C. The summed E-state index contributed by atoms with van der Waals surface area (Å²) in [6, 6.07) is 4.77. The van der Waals surface area contributed by atoms with Gasteiger partial charge in [0.25, 0.3) is 0 Å². The molecule has 0 saturated carbocycles. The molecule has 0 aliphatic heterocycles. The minimum absolute atomic E-state index is 0.145. The van der Waals surface area contributed by atoms with E-state index in [4.69, 9.17) is 4.74 Å². The Kier molecular flexibility index (Phi) is 4.30. The lowest BCUT2D eigenvalue weighted by Crippen LogP contribution is -2.25. The Bertz CT molecular complexity index is 350. The number of hydrogen-bond donors (Lipinski definition) is 1. The van der Waals surface area contributed by atoms with Crippen molar-refractivity contribution in [3.05, 3.63) is 29.6 Å². The lowest BCUT2D eigenvalue weighted by atomic mass is 10.1. The van der Waals surface area contributed by atoms with Crippen molar-refractivity contribution in [3.8, 4) is 0 Å². The zero-order valence-electron chi connectivity index (χ0n) is 10.4. The molecule has 16 heavy (non-hydrogen) atoms. The molecule has 0 bridgehead atoms. The smallest absolute Gasteiger partial charge is 0.125 e. The minimum Gasteiger partial charge on any atom is -0.385 e. The predicted octanol–water partition coefficient (Wildman–Crippen LogP) is 3.36. The molecule has 0 fully saturated rings. The van der Waals surface area contributed by atoms with Crippen LogP contribution in [0.1, 0.15) is 25.8 Å². The van der Waals surface area contributed by atoms with E-state index in [1.807, 2.05) is 20.8 Å². The van der Waals surface area contributed by atoms with Crippen LogP contribution in [0.2, 0.25) is 0 Å². The fourth-order valence-electron chi connectivity index (χ4n) is 1.38. The second-order valence-electron chi connectivity index (χ2n) is 4.60. The summed E-state index contributed by atoms with van der Waals surface area (Å²) < 4.78 is 18.3. The van der Waals surface area contributed by atoms with Crippen LogP contribution in [0.4, 0.5) is 10.1 Å². The Morgan fingerprint density at radius 1 is 1.38 bits per heavy atom. The summed E-state index contributed by atoms with van der Waals surface area (Å²) >= 11 is 0. The molecule has 0 atom stereocenters. The fourth-order valence-corrected chi connectivity index (χ4v) is 1.38. The van der Waals surface area contributed by atoms with E-state index in [9.17, 15) is 4.39 Å². The number of rotatable bonds is 5. The Hall–Kier alpha value is -1.09. The standard InChI is InChI=1S/C13H20FNO/c1-10-5-6-11(14)9-12(10)15-8-7-13(2,3)16-4/h5-6,9,15H,7-8H2,1-4H3. The summed E-state index contributed by atoms with van der Waals surface area (Å²) in [4.78, 5) is 0. The van der Waals surface area contributed by atoms with E-state index in [0.29, 0.717) is 0 Å². The maximum Gasteiger partial charge on any atom is 0.125 e. The van der Waals surface area contributed by atoms with Crippen molar-refractivity contribution in [2.75, 3.05) is 19.0 Å². The third-order valence-corrected chi connectivity index (χ3v) is 2.79. The Balaban J connectivity index is 2.52. The first kappa shape index (κ1) is 13.0. The summed E-state index contributed by atoms with van der Waals surface area (Å²) in [7, 11) is 1.70. The average molecular weight is 225 g/mol. The maximum absolute atomic E-state index is 13.0. The number of halogens is 1. The van der Waals surface area contributed by atoms with Crippen LogP contribution >= 0.6 is 0 Å². The molecule has 90 valence electrons. The summed E-state index contributed by atoms with van der Waals surface area (Å²) in [5, 5.41) is 3.22. The number of benzene rings is 1. The average Bonchev–Trinajstić information content (AvgIpc) is 2.23. The van der Waals surface area contributed by atoms with Crippen LogP contribution in [0.25, 0.3) is 0 Å². The monoisotopic (exact) mass is 225 g/mol. The predicted molar refractivity (Wildman–Crippen MR) is 65.3 cm³/mol. The second kappa shape index (κ2) is 5.30. The van der Waals surface area contributed by atoms with Gasteiger partial charge in [-0.3, -0.25) is 0 Å². The highest BCUT2D eigenvalue weighted by atomic mass is 19.1. The van der Waals surface area contributed by atoms with Crippen LogP contribution in [0, 0.1) is 12.7 Å². The number of hydrogen-bond acceptors (Lipinski definition) is 2. The fraction of sp³-hybridized carbons (Fsp3) is 0.538. The number of ether oxygens (including phenoxy) is 1. The van der Waals surface area contributed by atoms with E-state index in [1.54, 1.807) is 13.2 Å². The molecule has 0 amide bonds. The highest BCUT2D eigenvalue weighted by Crippen LogP contribution is 2.18. The van der Waals surface area contributed by atoms with Gasteiger partial charge in [-0.1, -0.05) is 6.07 Å². The van der Waals surface area contributed by atoms with Gasteiger partial charge in [0.15, 0.2) is 0 Å². The Morgan fingerprint density at radius 3 is 2.69 bits per heavy atom. The summed E-state index contributed by atoms with van der Waals surface area (Å²) in [6.45, 7) is 6.80. The van der Waals surface area contributed by atoms with Gasteiger partial charge in [0.05, 0.1) is 5.60 Å². The minimum atomic E-state index is -0.209. The molecular weight excluding hydrogens is 205 g/mol. The topological polar surface area (TPSA) is 21.3 Å². The van der Waals surface area contributed by atoms with Gasteiger partial charge < -0.3 is 10.1 Å². The first-order valence-electron chi connectivity index (χ1n) is 5.50. The molecule has 1 aromatic rings. The van der Waals surface area contributed by atoms with E-state index in [2.05, 4.69) is 5.32 Å². The van der Waals surface area contributed by atoms with Crippen LogP contribution in [0.3, 0.4) is 0 Å². The van der Waals surface area contributed by atoms with E-state index in [-0.39, 0.29) is 11.4 Å². The molecule has 0 spiro atoms. The first-order valence-corrected chi connectivity index (χ1v) is 5.50. The van der Waals surface area contributed by atoms with Gasteiger partial charge in [0.2, 0.25) is 0 Å².